The van der Waals surface area contributed by atoms with Gasteiger partial charge in [0.25, 0.3) is 0 Å². The number of benzene rings is 1. The predicted octanol–water partition coefficient (Wildman–Crippen LogP) is 2.40. The first-order chi connectivity index (χ1) is 10.2. The van der Waals surface area contributed by atoms with Gasteiger partial charge in [-0.15, -0.1) is 0 Å². The number of amides is 1. The number of rotatable bonds is 3. The highest BCUT2D eigenvalue weighted by molar-refractivity contribution is 5.79. The molecule has 1 aliphatic carbocycles. The number of fused-ring (bicyclic) bond motifs is 1. The minimum absolute atomic E-state index is 0.0395. The molecule has 1 heterocycles. The Kier molecular flexibility index (Phi) is 3.86. The van der Waals surface area contributed by atoms with Crippen molar-refractivity contribution in [2.24, 2.45) is 0 Å². The number of aryl methyl sites for hydroxylation is 1. The van der Waals surface area contributed by atoms with Gasteiger partial charge >= 0.3 is 0 Å². The smallest absolute Gasteiger partial charge is 0.224 e. The summed E-state index contributed by atoms with van der Waals surface area (Å²) in [6.45, 7) is 0. The van der Waals surface area contributed by atoms with Crippen LogP contribution in [0.2, 0.25) is 0 Å². The lowest BCUT2D eigenvalue weighted by atomic mass is 9.87. The average molecular weight is 281 g/mol. The molecule has 0 saturated carbocycles. The molecule has 108 valence electrons. The van der Waals surface area contributed by atoms with Gasteiger partial charge in [-0.05, 0) is 54.2 Å². The van der Waals surface area contributed by atoms with Gasteiger partial charge in [0.2, 0.25) is 5.91 Å². The molecule has 1 aromatic heterocycles. The van der Waals surface area contributed by atoms with Gasteiger partial charge in [-0.25, -0.2) is 0 Å². The molecule has 0 radical (unpaired) electrons. The van der Waals surface area contributed by atoms with Crippen LogP contribution in [-0.4, -0.2) is 10.9 Å². The predicted molar refractivity (Wildman–Crippen MR) is 82.6 cm³/mol. The molecule has 1 aliphatic rings. The summed E-state index contributed by atoms with van der Waals surface area (Å²) in [4.78, 5) is 16.2. The highest BCUT2D eigenvalue weighted by Gasteiger charge is 2.21. The molecule has 1 atom stereocenters. The zero-order valence-electron chi connectivity index (χ0n) is 11.9. The maximum absolute atomic E-state index is 12.2. The molecule has 0 fully saturated rings. The van der Waals surface area contributed by atoms with E-state index in [4.69, 9.17) is 5.73 Å². The average Bonchev–Trinajstić information content (AvgIpc) is 2.48. The van der Waals surface area contributed by atoms with Crippen LogP contribution in [0.4, 0.5) is 5.69 Å². The lowest BCUT2D eigenvalue weighted by molar-refractivity contribution is -0.121. The van der Waals surface area contributed by atoms with Gasteiger partial charge in [-0.1, -0.05) is 12.1 Å². The van der Waals surface area contributed by atoms with Gasteiger partial charge in [0.1, 0.15) is 0 Å². The first-order valence-electron chi connectivity index (χ1n) is 7.29. The van der Waals surface area contributed by atoms with Gasteiger partial charge in [0, 0.05) is 18.1 Å². The monoisotopic (exact) mass is 281 g/mol. The Morgan fingerprint density at radius 3 is 3.10 bits per heavy atom. The van der Waals surface area contributed by atoms with E-state index < -0.39 is 0 Å². The fourth-order valence-corrected chi connectivity index (χ4v) is 2.92. The minimum atomic E-state index is 0.0395. The molecule has 0 bridgehead atoms. The van der Waals surface area contributed by atoms with E-state index in [1.165, 1.54) is 11.1 Å². The number of carbonyl (C=O) groups is 1. The van der Waals surface area contributed by atoms with Crippen LogP contribution >= 0.6 is 0 Å². The summed E-state index contributed by atoms with van der Waals surface area (Å²) in [5.41, 5.74) is 10.0. The van der Waals surface area contributed by atoms with E-state index in [9.17, 15) is 4.79 Å². The molecule has 21 heavy (non-hydrogen) atoms. The number of hydrogen-bond acceptors (Lipinski definition) is 3. The molecule has 1 amide bonds. The third-order valence-electron chi connectivity index (χ3n) is 3.90. The lowest BCUT2D eigenvalue weighted by Gasteiger charge is -2.26. The second kappa shape index (κ2) is 5.95. The van der Waals surface area contributed by atoms with Crippen molar-refractivity contribution < 1.29 is 4.79 Å². The topological polar surface area (TPSA) is 68.0 Å². The lowest BCUT2D eigenvalue weighted by Crippen LogP contribution is -2.32. The normalized spacial score (nSPS) is 17.0. The molecule has 4 nitrogen and oxygen atoms in total. The first-order valence-corrected chi connectivity index (χ1v) is 7.29. The molecular formula is C17H19N3O. The third kappa shape index (κ3) is 3.21. The fourth-order valence-electron chi connectivity index (χ4n) is 2.92. The zero-order chi connectivity index (χ0) is 14.7. The van der Waals surface area contributed by atoms with E-state index in [1.54, 1.807) is 12.4 Å². The van der Waals surface area contributed by atoms with Crippen molar-refractivity contribution in [2.75, 3.05) is 5.73 Å². The fraction of sp³-hybridized carbons (Fsp3) is 0.294. The van der Waals surface area contributed by atoms with Gasteiger partial charge in [-0.3, -0.25) is 9.78 Å². The molecule has 3 N–H and O–H groups in total. The summed E-state index contributed by atoms with van der Waals surface area (Å²) < 4.78 is 0. The molecule has 0 aliphatic heterocycles. The number of nitrogens with one attached hydrogen (secondary N) is 1. The Hall–Kier alpha value is -2.36. The maximum atomic E-state index is 12.2. The molecule has 2 aromatic rings. The molecular weight excluding hydrogens is 262 g/mol. The second-order valence-corrected chi connectivity index (χ2v) is 5.51. The van der Waals surface area contributed by atoms with Crippen molar-refractivity contribution in [3.8, 4) is 0 Å². The number of carbonyl (C=O) groups excluding carboxylic acids is 1. The molecule has 0 spiro atoms. The van der Waals surface area contributed by atoms with E-state index in [1.807, 2.05) is 30.3 Å². The summed E-state index contributed by atoms with van der Waals surface area (Å²) in [6.07, 6.45) is 6.91. The Balaban J connectivity index is 1.70. The number of aromatic nitrogens is 1. The zero-order valence-corrected chi connectivity index (χ0v) is 11.9. The van der Waals surface area contributed by atoms with Crippen molar-refractivity contribution in [1.29, 1.82) is 0 Å². The minimum Gasteiger partial charge on any atom is -0.399 e. The highest BCUT2D eigenvalue weighted by atomic mass is 16.1. The standard InChI is InChI=1S/C17H19N3O/c18-14-6-7-15-13(10-14)4-1-5-16(15)20-17(21)9-12-3-2-8-19-11-12/h2-3,6-8,10-11,16H,1,4-5,9,18H2,(H,20,21). The van der Waals surface area contributed by atoms with E-state index >= 15 is 0 Å². The summed E-state index contributed by atoms with van der Waals surface area (Å²) in [5.74, 6) is 0.0395. The Labute approximate surface area is 124 Å². The van der Waals surface area contributed by atoms with Crippen molar-refractivity contribution in [3.05, 3.63) is 59.4 Å². The third-order valence-corrected chi connectivity index (χ3v) is 3.90. The number of nitrogens with two attached hydrogens (primary N) is 1. The van der Waals surface area contributed by atoms with Gasteiger partial charge in [-0.2, -0.15) is 0 Å². The summed E-state index contributed by atoms with van der Waals surface area (Å²) in [7, 11) is 0. The van der Waals surface area contributed by atoms with Gasteiger partial charge in [0.15, 0.2) is 0 Å². The second-order valence-electron chi connectivity index (χ2n) is 5.51. The number of nitrogens with zero attached hydrogens (tertiary/aromatic N) is 1. The quantitative estimate of drug-likeness (QED) is 0.849. The summed E-state index contributed by atoms with van der Waals surface area (Å²) >= 11 is 0. The molecule has 0 saturated heterocycles. The van der Waals surface area contributed by atoms with Crippen LogP contribution in [0.1, 0.15) is 35.6 Å². The summed E-state index contributed by atoms with van der Waals surface area (Å²) in [5, 5.41) is 3.14. The van der Waals surface area contributed by atoms with Crippen molar-refractivity contribution in [3.63, 3.8) is 0 Å². The largest absolute Gasteiger partial charge is 0.399 e. The Bertz CT molecular complexity index is 640. The maximum Gasteiger partial charge on any atom is 0.224 e. The van der Waals surface area contributed by atoms with E-state index in [0.717, 1.165) is 30.5 Å². The van der Waals surface area contributed by atoms with E-state index in [2.05, 4.69) is 10.3 Å². The molecule has 1 aromatic carbocycles. The number of hydrogen-bond donors (Lipinski definition) is 2. The Morgan fingerprint density at radius 2 is 2.29 bits per heavy atom. The molecule has 3 rings (SSSR count). The highest BCUT2D eigenvalue weighted by Crippen LogP contribution is 2.30. The number of nitrogen functional groups attached to an aromatic ring is 1. The van der Waals surface area contributed by atoms with Crippen LogP contribution in [0.3, 0.4) is 0 Å². The Morgan fingerprint density at radius 1 is 1.38 bits per heavy atom. The van der Waals surface area contributed by atoms with Crippen LogP contribution in [0.15, 0.2) is 42.7 Å². The van der Waals surface area contributed by atoms with Gasteiger partial charge < -0.3 is 11.1 Å². The number of anilines is 1. The molecule has 4 heteroatoms. The van der Waals surface area contributed by atoms with Crippen LogP contribution < -0.4 is 11.1 Å². The SMILES string of the molecule is Nc1ccc2c(c1)CCCC2NC(=O)Cc1cccnc1. The molecule has 1 unspecified atom stereocenters. The van der Waals surface area contributed by atoms with Crippen LogP contribution in [-0.2, 0) is 17.6 Å². The van der Waals surface area contributed by atoms with Crippen molar-refractivity contribution in [1.82, 2.24) is 10.3 Å². The number of pyridine rings is 1. The van der Waals surface area contributed by atoms with Crippen molar-refractivity contribution >= 4 is 11.6 Å². The van der Waals surface area contributed by atoms with Gasteiger partial charge in [0.05, 0.1) is 12.5 Å². The van der Waals surface area contributed by atoms with Crippen LogP contribution in [0, 0.1) is 0 Å². The van der Waals surface area contributed by atoms with Crippen LogP contribution in [0.25, 0.3) is 0 Å². The summed E-state index contributed by atoms with van der Waals surface area (Å²) in [6, 6.07) is 9.83. The van der Waals surface area contributed by atoms with E-state index in [-0.39, 0.29) is 11.9 Å². The van der Waals surface area contributed by atoms with Crippen LogP contribution in [0.5, 0.6) is 0 Å². The first kappa shape index (κ1) is 13.6. The van der Waals surface area contributed by atoms with E-state index in [0.29, 0.717) is 6.42 Å². The van der Waals surface area contributed by atoms with Crippen molar-refractivity contribution in [2.45, 2.75) is 31.7 Å².